The number of benzene rings is 3. The van der Waals surface area contributed by atoms with Gasteiger partial charge in [-0.3, -0.25) is 14.5 Å². The van der Waals surface area contributed by atoms with Crippen LogP contribution in [-0.2, 0) is 14.6 Å². The molecule has 0 radical (unpaired) electrons. The van der Waals surface area contributed by atoms with Crippen LogP contribution in [0.25, 0.3) is 0 Å². The van der Waals surface area contributed by atoms with Crippen LogP contribution in [0.3, 0.4) is 0 Å². The van der Waals surface area contributed by atoms with Gasteiger partial charge in [0, 0.05) is 30.5 Å². The van der Waals surface area contributed by atoms with Crippen LogP contribution < -0.4 is 25.4 Å². The summed E-state index contributed by atoms with van der Waals surface area (Å²) in [7, 11) is -2.44. The number of rotatable bonds is 13. The number of hydrogen-bond acceptors (Lipinski definition) is 8. The first-order valence-corrected chi connectivity index (χ1v) is 17.4. The summed E-state index contributed by atoms with van der Waals surface area (Å²) in [5.74, 6) is -0.0201. The van der Waals surface area contributed by atoms with Gasteiger partial charge < -0.3 is 30.5 Å². The fourth-order valence-corrected chi connectivity index (χ4v) is 6.98. The number of anilines is 2. The standard InChI is InChI=1S/C35H44N4O8S/c1-7-46-30-19-23(13-15-29(30)47-21(2)3)32(37-25-11-8-10-24(18-25)33(36)40)34(41)39-17-9-12-28(39)27-20-26(38(6)35(42)43)14-16-31(27)48(44,45)22(4)5/h8,10-11,13-16,18-22,28,32,37H,7,9,12,17H2,1-6H3,(H2,36,40)(H,42,43)/t28-,32+/m1/s1. The van der Waals surface area contributed by atoms with E-state index in [1.54, 1.807) is 67.3 Å². The number of sulfone groups is 1. The Morgan fingerprint density at radius 2 is 1.77 bits per heavy atom. The monoisotopic (exact) mass is 680 g/mol. The number of hydrogen-bond donors (Lipinski definition) is 3. The van der Waals surface area contributed by atoms with Crippen LogP contribution in [0.15, 0.2) is 65.6 Å². The van der Waals surface area contributed by atoms with Crippen molar-refractivity contribution in [2.75, 3.05) is 30.4 Å². The molecule has 0 spiro atoms. The third kappa shape index (κ3) is 7.84. The highest BCUT2D eigenvalue weighted by molar-refractivity contribution is 7.92. The molecule has 1 aliphatic rings. The molecule has 13 heteroatoms. The largest absolute Gasteiger partial charge is 0.490 e. The maximum absolute atomic E-state index is 14.8. The van der Waals surface area contributed by atoms with Crippen molar-refractivity contribution in [2.24, 2.45) is 5.73 Å². The third-order valence-corrected chi connectivity index (χ3v) is 10.4. The van der Waals surface area contributed by atoms with Gasteiger partial charge in [0.1, 0.15) is 6.04 Å². The summed E-state index contributed by atoms with van der Waals surface area (Å²) in [6, 6.07) is 14.5. The van der Waals surface area contributed by atoms with Crippen LogP contribution in [0.2, 0.25) is 0 Å². The van der Waals surface area contributed by atoms with E-state index in [2.05, 4.69) is 5.32 Å². The molecule has 3 aromatic carbocycles. The lowest BCUT2D eigenvalue weighted by molar-refractivity contribution is -0.133. The fraction of sp³-hybridized carbons (Fsp3) is 0.400. The normalized spacial score (nSPS) is 15.3. The molecule has 1 aliphatic heterocycles. The van der Waals surface area contributed by atoms with Crippen LogP contribution in [0, 0.1) is 0 Å². The Morgan fingerprint density at radius 1 is 1.04 bits per heavy atom. The number of nitrogens with two attached hydrogens (primary N) is 1. The smallest absolute Gasteiger partial charge is 0.411 e. The maximum atomic E-state index is 14.8. The number of nitrogens with zero attached hydrogens (tertiary/aromatic N) is 2. The van der Waals surface area contributed by atoms with E-state index >= 15 is 0 Å². The summed E-state index contributed by atoms with van der Waals surface area (Å²) in [6.45, 7) is 9.48. The van der Waals surface area contributed by atoms with Gasteiger partial charge in [0.05, 0.1) is 28.9 Å². The van der Waals surface area contributed by atoms with Crippen molar-refractivity contribution in [3.63, 3.8) is 0 Å². The van der Waals surface area contributed by atoms with Crippen molar-refractivity contribution in [1.82, 2.24) is 4.90 Å². The Morgan fingerprint density at radius 3 is 2.40 bits per heavy atom. The van der Waals surface area contributed by atoms with Crippen LogP contribution in [-0.4, -0.2) is 67.9 Å². The van der Waals surface area contributed by atoms with Gasteiger partial charge in [-0.2, -0.15) is 0 Å². The lowest BCUT2D eigenvalue weighted by Gasteiger charge is -2.32. The molecule has 12 nitrogen and oxygen atoms in total. The van der Waals surface area contributed by atoms with Gasteiger partial charge >= 0.3 is 6.09 Å². The Labute approximate surface area is 281 Å². The second-order valence-corrected chi connectivity index (χ2v) is 14.6. The molecule has 0 aromatic heterocycles. The molecular weight excluding hydrogens is 636 g/mol. The van der Waals surface area contributed by atoms with Crippen molar-refractivity contribution in [2.45, 2.75) is 75.8 Å². The molecule has 3 amide bonds. The molecule has 1 fully saturated rings. The summed E-state index contributed by atoms with van der Waals surface area (Å²) < 4.78 is 39.0. The van der Waals surface area contributed by atoms with Crippen molar-refractivity contribution >= 4 is 39.1 Å². The number of likely N-dealkylation sites (tertiary alicyclic amines) is 1. The van der Waals surface area contributed by atoms with E-state index in [0.717, 1.165) is 4.90 Å². The summed E-state index contributed by atoms with van der Waals surface area (Å²) in [5, 5.41) is 12.2. The van der Waals surface area contributed by atoms with Gasteiger partial charge in [-0.1, -0.05) is 12.1 Å². The van der Waals surface area contributed by atoms with E-state index in [9.17, 15) is 27.9 Å². The summed E-state index contributed by atoms with van der Waals surface area (Å²) in [6.07, 6.45) is -0.287. The summed E-state index contributed by atoms with van der Waals surface area (Å²) in [4.78, 5) is 41.2. The third-order valence-electron chi connectivity index (χ3n) is 8.16. The zero-order valence-electron chi connectivity index (χ0n) is 28.1. The van der Waals surface area contributed by atoms with Crippen LogP contribution in [0.5, 0.6) is 11.5 Å². The van der Waals surface area contributed by atoms with E-state index < -0.39 is 39.2 Å². The molecule has 0 saturated carbocycles. The minimum atomic E-state index is -3.81. The first-order valence-electron chi connectivity index (χ1n) is 15.9. The van der Waals surface area contributed by atoms with Gasteiger partial charge in [-0.25, -0.2) is 13.2 Å². The van der Waals surface area contributed by atoms with E-state index in [1.165, 1.54) is 19.2 Å². The minimum absolute atomic E-state index is 0.0530. The number of nitrogens with one attached hydrogen (secondary N) is 1. The molecule has 0 unspecified atom stereocenters. The minimum Gasteiger partial charge on any atom is -0.490 e. The van der Waals surface area contributed by atoms with Crippen molar-refractivity contribution in [3.8, 4) is 11.5 Å². The van der Waals surface area contributed by atoms with E-state index in [0.29, 0.717) is 54.3 Å². The van der Waals surface area contributed by atoms with E-state index in [4.69, 9.17) is 15.2 Å². The Bertz CT molecular complexity index is 1780. The molecule has 0 bridgehead atoms. The van der Waals surface area contributed by atoms with Crippen LogP contribution in [0.4, 0.5) is 16.2 Å². The molecule has 1 saturated heterocycles. The molecule has 258 valence electrons. The van der Waals surface area contributed by atoms with E-state index in [-0.39, 0.29) is 28.2 Å². The highest BCUT2D eigenvalue weighted by atomic mass is 32.2. The number of ether oxygens (including phenoxy) is 2. The van der Waals surface area contributed by atoms with Crippen molar-refractivity contribution < 1.29 is 37.4 Å². The number of primary amides is 1. The highest BCUT2D eigenvalue weighted by Gasteiger charge is 2.38. The number of carboxylic acid groups (broad SMARTS) is 1. The van der Waals surface area contributed by atoms with Crippen molar-refractivity contribution in [1.29, 1.82) is 0 Å². The Balaban J connectivity index is 1.86. The number of carbonyl (C=O) groups is 3. The first-order chi connectivity index (χ1) is 22.6. The van der Waals surface area contributed by atoms with E-state index in [1.807, 2.05) is 20.8 Å². The molecule has 0 aliphatic carbocycles. The lowest BCUT2D eigenvalue weighted by Crippen LogP contribution is -2.38. The van der Waals surface area contributed by atoms with Crippen LogP contribution >= 0.6 is 0 Å². The molecule has 3 aromatic rings. The average molecular weight is 681 g/mol. The molecule has 4 N–H and O–H groups in total. The quantitative estimate of drug-likeness (QED) is 0.203. The SMILES string of the molecule is CCOc1cc([C@H](Nc2cccc(C(N)=O)c2)C(=O)N2CCC[C@@H]2c2cc(N(C)C(=O)O)ccc2S(=O)(=O)C(C)C)ccc1OC(C)C. The van der Waals surface area contributed by atoms with Crippen molar-refractivity contribution in [3.05, 3.63) is 77.4 Å². The van der Waals surface area contributed by atoms with Crippen LogP contribution in [0.1, 0.15) is 81.0 Å². The van der Waals surface area contributed by atoms with Gasteiger partial charge in [0.2, 0.25) is 11.8 Å². The average Bonchev–Trinajstić information content (AvgIpc) is 3.53. The van der Waals surface area contributed by atoms with Gasteiger partial charge in [-0.15, -0.1) is 0 Å². The molecule has 48 heavy (non-hydrogen) atoms. The van der Waals surface area contributed by atoms with Gasteiger partial charge in [0.25, 0.3) is 0 Å². The second kappa shape index (κ2) is 15.0. The number of carbonyl (C=O) groups excluding carboxylic acids is 2. The predicted molar refractivity (Wildman–Crippen MR) is 184 cm³/mol. The highest BCUT2D eigenvalue weighted by Crippen LogP contribution is 2.41. The summed E-state index contributed by atoms with van der Waals surface area (Å²) in [5.41, 5.74) is 7.43. The predicted octanol–water partition coefficient (Wildman–Crippen LogP) is 5.78. The number of amides is 3. The molecular formula is C35H44N4O8S. The Kier molecular flexibility index (Phi) is 11.2. The molecule has 4 rings (SSSR count). The first kappa shape index (κ1) is 36.1. The molecule has 2 atom stereocenters. The summed E-state index contributed by atoms with van der Waals surface area (Å²) >= 11 is 0. The topological polar surface area (TPSA) is 169 Å². The molecule has 1 heterocycles. The Hall–Kier alpha value is -4.78. The van der Waals surface area contributed by atoms with Gasteiger partial charge in [0.15, 0.2) is 21.3 Å². The maximum Gasteiger partial charge on any atom is 0.411 e. The lowest BCUT2D eigenvalue weighted by atomic mass is 10.00. The second-order valence-electron chi connectivity index (χ2n) is 12.2. The fourth-order valence-electron chi connectivity index (χ4n) is 5.69. The zero-order chi connectivity index (χ0) is 35.3. The van der Waals surface area contributed by atoms with Gasteiger partial charge in [-0.05, 0) is 107 Å². The zero-order valence-corrected chi connectivity index (χ0v) is 28.9.